The highest BCUT2D eigenvalue weighted by atomic mass is 15.2. The van der Waals surface area contributed by atoms with Crippen LogP contribution in [0, 0.1) is 0 Å². The van der Waals surface area contributed by atoms with Gasteiger partial charge in [-0.3, -0.25) is 0 Å². The van der Waals surface area contributed by atoms with E-state index in [0.29, 0.717) is 0 Å². The first-order chi connectivity index (χ1) is 8.09. The predicted octanol–water partition coefficient (Wildman–Crippen LogP) is 1.77. The largest absolute Gasteiger partial charge is 0.354 e. The van der Waals surface area contributed by atoms with Crippen molar-refractivity contribution in [3.05, 3.63) is 24.3 Å². The minimum absolute atomic E-state index is 0.824. The van der Waals surface area contributed by atoms with E-state index < -0.39 is 0 Å². The van der Waals surface area contributed by atoms with Crippen LogP contribution in [0.5, 0.6) is 0 Å². The van der Waals surface area contributed by atoms with Crippen molar-refractivity contribution in [1.29, 1.82) is 0 Å². The number of allylic oxidation sites excluding steroid dienone is 1. The van der Waals surface area contributed by atoms with E-state index in [4.69, 9.17) is 0 Å². The second-order valence-corrected chi connectivity index (χ2v) is 4.39. The normalized spacial score (nSPS) is 10.6. The number of anilines is 1. The molecular formula is C12H17N5. The molecule has 2 aromatic rings. The van der Waals surface area contributed by atoms with Crippen molar-refractivity contribution in [2.75, 3.05) is 18.5 Å². The number of aryl methyl sites for hydroxylation is 1. The predicted molar refractivity (Wildman–Crippen MR) is 69.0 cm³/mol. The smallest absolute Gasteiger partial charge is 0.165 e. The lowest BCUT2D eigenvalue weighted by molar-refractivity contribution is 0.925. The standard InChI is InChI=1S/C12H17N5/c1-9(2)5-6-16(3)11-10-12(14-7-13-11)17(4)8-15-10/h5,7-8H,6H2,1-4H3. The monoisotopic (exact) mass is 231 g/mol. The summed E-state index contributed by atoms with van der Waals surface area (Å²) in [4.78, 5) is 14.9. The Morgan fingerprint density at radius 1 is 1.35 bits per heavy atom. The minimum Gasteiger partial charge on any atom is -0.354 e. The van der Waals surface area contributed by atoms with E-state index in [1.807, 2.05) is 18.7 Å². The van der Waals surface area contributed by atoms with Crippen molar-refractivity contribution in [2.24, 2.45) is 7.05 Å². The number of hydrogen-bond acceptors (Lipinski definition) is 4. The Balaban J connectivity index is 2.38. The third-order valence-electron chi connectivity index (χ3n) is 2.61. The quantitative estimate of drug-likeness (QED) is 0.755. The van der Waals surface area contributed by atoms with Gasteiger partial charge in [0.1, 0.15) is 6.33 Å². The average molecular weight is 231 g/mol. The molecule has 0 saturated heterocycles. The number of aromatic nitrogens is 4. The maximum atomic E-state index is 4.34. The molecule has 90 valence electrons. The molecule has 0 aliphatic rings. The number of likely N-dealkylation sites (N-methyl/N-ethyl adjacent to an activating group) is 1. The van der Waals surface area contributed by atoms with Crippen LogP contribution in [-0.4, -0.2) is 33.1 Å². The lowest BCUT2D eigenvalue weighted by Crippen LogP contribution is -2.19. The van der Waals surface area contributed by atoms with E-state index in [9.17, 15) is 0 Å². The Morgan fingerprint density at radius 2 is 2.12 bits per heavy atom. The molecule has 0 saturated carbocycles. The molecule has 0 aliphatic heterocycles. The Labute approximate surface area is 101 Å². The zero-order chi connectivity index (χ0) is 12.4. The molecule has 0 atom stereocenters. The van der Waals surface area contributed by atoms with Gasteiger partial charge in [-0.2, -0.15) is 0 Å². The van der Waals surface area contributed by atoms with Crippen LogP contribution < -0.4 is 4.90 Å². The molecule has 0 aromatic carbocycles. The van der Waals surface area contributed by atoms with Gasteiger partial charge in [0.15, 0.2) is 17.0 Å². The van der Waals surface area contributed by atoms with Crippen molar-refractivity contribution in [3.8, 4) is 0 Å². The van der Waals surface area contributed by atoms with Crippen LogP contribution in [0.1, 0.15) is 13.8 Å². The van der Waals surface area contributed by atoms with Crippen LogP contribution in [-0.2, 0) is 7.05 Å². The number of nitrogens with zero attached hydrogens (tertiary/aromatic N) is 5. The molecule has 0 unspecified atom stereocenters. The van der Waals surface area contributed by atoms with Gasteiger partial charge in [0.05, 0.1) is 6.33 Å². The zero-order valence-corrected chi connectivity index (χ0v) is 10.7. The lowest BCUT2D eigenvalue weighted by Gasteiger charge is -2.16. The minimum atomic E-state index is 0.824. The number of rotatable bonds is 3. The number of imidazole rings is 1. The number of fused-ring (bicyclic) bond motifs is 1. The van der Waals surface area contributed by atoms with Crippen molar-refractivity contribution in [1.82, 2.24) is 19.5 Å². The fraction of sp³-hybridized carbons (Fsp3) is 0.417. The van der Waals surface area contributed by atoms with Crippen molar-refractivity contribution < 1.29 is 0 Å². The van der Waals surface area contributed by atoms with Gasteiger partial charge in [-0.25, -0.2) is 15.0 Å². The Kier molecular flexibility index (Phi) is 3.08. The molecule has 0 radical (unpaired) electrons. The summed E-state index contributed by atoms with van der Waals surface area (Å²) in [5.41, 5.74) is 3.00. The topological polar surface area (TPSA) is 46.8 Å². The SMILES string of the molecule is CC(C)=CCN(C)c1ncnc2c1ncn2C. The van der Waals surface area contributed by atoms with Gasteiger partial charge in [0.25, 0.3) is 0 Å². The Bertz CT molecular complexity index is 551. The van der Waals surface area contributed by atoms with Gasteiger partial charge in [0.2, 0.25) is 0 Å². The second-order valence-electron chi connectivity index (χ2n) is 4.39. The van der Waals surface area contributed by atoms with E-state index in [2.05, 4.69) is 39.8 Å². The third-order valence-corrected chi connectivity index (χ3v) is 2.61. The maximum absolute atomic E-state index is 4.34. The summed E-state index contributed by atoms with van der Waals surface area (Å²) >= 11 is 0. The highest BCUT2D eigenvalue weighted by Gasteiger charge is 2.10. The summed E-state index contributed by atoms with van der Waals surface area (Å²) in [5.74, 6) is 0.869. The van der Waals surface area contributed by atoms with Gasteiger partial charge in [-0.15, -0.1) is 0 Å². The van der Waals surface area contributed by atoms with Crippen LogP contribution >= 0.6 is 0 Å². The van der Waals surface area contributed by atoms with Gasteiger partial charge in [0, 0.05) is 20.6 Å². The Morgan fingerprint density at radius 3 is 2.82 bits per heavy atom. The Hall–Kier alpha value is -1.91. The van der Waals surface area contributed by atoms with Gasteiger partial charge < -0.3 is 9.47 Å². The fourth-order valence-corrected chi connectivity index (χ4v) is 1.62. The molecule has 0 spiro atoms. The van der Waals surface area contributed by atoms with E-state index in [1.54, 1.807) is 12.7 Å². The molecule has 0 fully saturated rings. The molecule has 2 rings (SSSR count). The third kappa shape index (κ3) is 2.27. The first kappa shape index (κ1) is 11.6. The van der Waals surface area contributed by atoms with Crippen LogP contribution in [0.2, 0.25) is 0 Å². The molecular weight excluding hydrogens is 214 g/mol. The molecule has 0 aliphatic carbocycles. The molecule has 17 heavy (non-hydrogen) atoms. The van der Waals surface area contributed by atoms with E-state index in [-0.39, 0.29) is 0 Å². The van der Waals surface area contributed by atoms with E-state index in [1.165, 1.54) is 5.57 Å². The summed E-state index contributed by atoms with van der Waals surface area (Å²) in [6.45, 7) is 5.00. The zero-order valence-electron chi connectivity index (χ0n) is 10.7. The average Bonchev–Trinajstić information content (AvgIpc) is 2.68. The van der Waals surface area contributed by atoms with E-state index >= 15 is 0 Å². The summed E-state index contributed by atoms with van der Waals surface area (Å²) in [7, 11) is 3.94. The summed E-state index contributed by atoms with van der Waals surface area (Å²) < 4.78 is 1.90. The van der Waals surface area contributed by atoms with Crippen molar-refractivity contribution >= 4 is 17.0 Å². The summed E-state index contributed by atoms with van der Waals surface area (Å²) in [5, 5.41) is 0. The first-order valence-electron chi connectivity index (χ1n) is 5.56. The highest BCUT2D eigenvalue weighted by molar-refractivity contribution is 5.83. The molecule has 5 nitrogen and oxygen atoms in total. The van der Waals surface area contributed by atoms with Crippen LogP contribution in [0.4, 0.5) is 5.82 Å². The summed E-state index contributed by atoms with van der Waals surface area (Å²) in [6, 6.07) is 0. The molecule has 2 aromatic heterocycles. The molecule has 0 N–H and O–H groups in total. The lowest BCUT2D eigenvalue weighted by atomic mass is 10.3. The van der Waals surface area contributed by atoms with Gasteiger partial charge in [-0.05, 0) is 13.8 Å². The highest BCUT2D eigenvalue weighted by Crippen LogP contribution is 2.19. The van der Waals surface area contributed by atoms with Crippen molar-refractivity contribution in [2.45, 2.75) is 13.8 Å². The first-order valence-corrected chi connectivity index (χ1v) is 5.56. The van der Waals surface area contributed by atoms with E-state index in [0.717, 1.165) is 23.5 Å². The second kappa shape index (κ2) is 4.53. The molecule has 0 amide bonds. The fourth-order valence-electron chi connectivity index (χ4n) is 1.62. The molecule has 5 heteroatoms. The van der Waals surface area contributed by atoms with Crippen molar-refractivity contribution in [3.63, 3.8) is 0 Å². The van der Waals surface area contributed by atoms with Crippen LogP contribution in [0.3, 0.4) is 0 Å². The molecule has 0 bridgehead atoms. The number of hydrogen-bond donors (Lipinski definition) is 0. The van der Waals surface area contributed by atoms with Crippen LogP contribution in [0.25, 0.3) is 11.2 Å². The van der Waals surface area contributed by atoms with Crippen LogP contribution in [0.15, 0.2) is 24.3 Å². The van der Waals surface area contributed by atoms with Gasteiger partial charge >= 0.3 is 0 Å². The summed E-state index contributed by atoms with van der Waals surface area (Å²) in [6.07, 6.45) is 5.51. The molecule has 2 heterocycles. The van der Waals surface area contributed by atoms with Gasteiger partial charge in [-0.1, -0.05) is 11.6 Å². The maximum Gasteiger partial charge on any atom is 0.165 e.